The monoisotopic (exact) mass is 324 g/mol. The van der Waals surface area contributed by atoms with Crippen molar-refractivity contribution >= 4 is 28.6 Å². The fourth-order valence-electron chi connectivity index (χ4n) is 2.42. The molecule has 1 unspecified atom stereocenters. The summed E-state index contributed by atoms with van der Waals surface area (Å²) in [6, 6.07) is 4.64. The van der Waals surface area contributed by atoms with Crippen LogP contribution in [0.4, 0.5) is 11.8 Å². The molecule has 0 aliphatic heterocycles. The number of nitrogen functional groups attached to an aromatic ring is 1. The van der Waals surface area contributed by atoms with E-state index in [0.717, 1.165) is 5.69 Å². The van der Waals surface area contributed by atoms with Gasteiger partial charge < -0.3 is 16.2 Å². The maximum Gasteiger partial charge on any atom is 0.335 e. The van der Waals surface area contributed by atoms with Crippen molar-refractivity contribution in [3.8, 4) is 0 Å². The smallest absolute Gasteiger partial charge is 0.335 e. The van der Waals surface area contributed by atoms with Crippen LogP contribution >= 0.6 is 0 Å². The van der Waals surface area contributed by atoms with Crippen molar-refractivity contribution in [1.82, 2.24) is 19.9 Å². The lowest BCUT2D eigenvalue weighted by atomic mass is 10.1. The molecular formula is C16H16N6O2. The molecule has 1 atom stereocenters. The Morgan fingerprint density at radius 1 is 1.33 bits per heavy atom. The quantitative estimate of drug-likeness (QED) is 0.647. The first-order valence-corrected chi connectivity index (χ1v) is 7.35. The number of hydrogen-bond acceptors (Lipinski definition) is 7. The lowest BCUT2D eigenvalue weighted by Crippen LogP contribution is -2.20. The molecule has 8 heteroatoms. The first-order valence-electron chi connectivity index (χ1n) is 7.35. The minimum Gasteiger partial charge on any atom is -0.478 e. The second-order valence-corrected chi connectivity index (χ2v) is 5.41. The van der Waals surface area contributed by atoms with E-state index in [0.29, 0.717) is 23.1 Å². The molecule has 0 aliphatic rings. The fourth-order valence-corrected chi connectivity index (χ4v) is 2.42. The molecule has 8 nitrogen and oxygen atoms in total. The molecule has 1 aromatic carbocycles. The molecular weight excluding hydrogens is 308 g/mol. The maximum atomic E-state index is 11.2. The molecule has 0 bridgehead atoms. The van der Waals surface area contributed by atoms with E-state index in [4.69, 9.17) is 10.8 Å². The van der Waals surface area contributed by atoms with Crippen molar-refractivity contribution in [2.75, 3.05) is 11.1 Å². The second kappa shape index (κ2) is 6.45. The van der Waals surface area contributed by atoms with Gasteiger partial charge in [0.1, 0.15) is 5.82 Å². The van der Waals surface area contributed by atoms with Gasteiger partial charge in [0.05, 0.1) is 16.8 Å². The van der Waals surface area contributed by atoms with Gasteiger partial charge in [-0.3, -0.25) is 9.97 Å². The molecule has 122 valence electrons. The molecule has 0 amide bonds. The number of rotatable bonds is 5. The van der Waals surface area contributed by atoms with Crippen molar-refractivity contribution in [1.29, 1.82) is 0 Å². The summed E-state index contributed by atoms with van der Waals surface area (Å²) in [5.74, 6) is -0.385. The highest BCUT2D eigenvalue weighted by atomic mass is 16.4. The molecule has 0 saturated carbocycles. The highest BCUT2D eigenvalue weighted by Gasteiger charge is 2.13. The zero-order valence-corrected chi connectivity index (χ0v) is 13.0. The van der Waals surface area contributed by atoms with Crippen LogP contribution in [0.25, 0.3) is 10.9 Å². The zero-order chi connectivity index (χ0) is 17.1. The van der Waals surface area contributed by atoms with Crippen LogP contribution < -0.4 is 11.1 Å². The highest BCUT2D eigenvalue weighted by Crippen LogP contribution is 2.23. The molecule has 0 fully saturated rings. The Morgan fingerprint density at radius 2 is 2.17 bits per heavy atom. The Morgan fingerprint density at radius 3 is 2.88 bits per heavy atom. The molecule has 0 spiro atoms. The Kier molecular flexibility index (Phi) is 4.19. The van der Waals surface area contributed by atoms with Gasteiger partial charge in [0.15, 0.2) is 0 Å². The summed E-state index contributed by atoms with van der Waals surface area (Å²) in [7, 11) is 0. The predicted molar refractivity (Wildman–Crippen MR) is 89.7 cm³/mol. The Balaban J connectivity index is 1.92. The summed E-state index contributed by atoms with van der Waals surface area (Å²) in [6.45, 7) is 1.97. The van der Waals surface area contributed by atoms with Crippen LogP contribution in [-0.2, 0) is 6.42 Å². The minimum absolute atomic E-state index is 0.00677. The third-order valence-electron chi connectivity index (χ3n) is 3.48. The van der Waals surface area contributed by atoms with Crippen LogP contribution in [0.1, 0.15) is 23.0 Å². The van der Waals surface area contributed by atoms with Crippen molar-refractivity contribution in [2.24, 2.45) is 0 Å². The van der Waals surface area contributed by atoms with Gasteiger partial charge in [-0.1, -0.05) is 0 Å². The Hall–Kier alpha value is -3.29. The van der Waals surface area contributed by atoms with Crippen molar-refractivity contribution in [3.63, 3.8) is 0 Å². The van der Waals surface area contributed by atoms with E-state index in [1.807, 2.05) is 6.92 Å². The SMILES string of the molecule is CC(Cc1cnccn1)Nc1nc(N)nc2ccc(C(=O)O)cc12. The number of carboxylic acid groups (broad SMARTS) is 1. The number of anilines is 2. The number of hydrogen-bond donors (Lipinski definition) is 3. The van der Waals surface area contributed by atoms with Crippen molar-refractivity contribution < 1.29 is 9.90 Å². The Bertz CT molecular complexity index is 884. The van der Waals surface area contributed by atoms with Gasteiger partial charge in [0.2, 0.25) is 5.95 Å². The first kappa shape index (κ1) is 15.6. The van der Waals surface area contributed by atoms with Crippen LogP contribution in [0.5, 0.6) is 0 Å². The van der Waals surface area contributed by atoms with Crippen molar-refractivity contribution in [2.45, 2.75) is 19.4 Å². The number of carbonyl (C=O) groups is 1. The highest BCUT2D eigenvalue weighted by molar-refractivity contribution is 5.97. The molecule has 2 heterocycles. The van der Waals surface area contributed by atoms with Crippen LogP contribution in [0, 0.1) is 0 Å². The zero-order valence-electron chi connectivity index (χ0n) is 13.0. The normalized spacial score (nSPS) is 12.0. The van der Waals surface area contributed by atoms with Crippen LogP contribution in [0.15, 0.2) is 36.8 Å². The number of aromatic nitrogens is 4. The minimum atomic E-state index is -1.01. The van der Waals surface area contributed by atoms with Crippen LogP contribution in [-0.4, -0.2) is 37.1 Å². The number of fused-ring (bicyclic) bond motifs is 1. The summed E-state index contributed by atoms with van der Waals surface area (Å²) in [6.07, 6.45) is 5.60. The van der Waals surface area contributed by atoms with E-state index < -0.39 is 5.97 Å². The summed E-state index contributed by atoms with van der Waals surface area (Å²) in [4.78, 5) is 27.8. The average Bonchev–Trinajstić information content (AvgIpc) is 2.55. The van der Waals surface area contributed by atoms with Gasteiger partial charge in [0, 0.05) is 36.4 Å². The van der Waals surface area contributed by atoms with Gasteiger partial charge in [-0.2, -0.15) is 4.98 Å². The number of benzene rings is 1. The number of carboxylic acids is 1. The van der Waals surface area contributed by atoms with E-state index in [9.17, 15) is 4.79 Å². The van der Waals surface area contributed by atoms with Gasteiger partial charge in [0.25, 0.3) is 0 Å². The van der Waals surface area contributed by atoms with Crippen LogP contribution in [0.3, 0.4) is 0 Å². The third-order valence-corrected chi connectivity index (χ3v) is 3.48. The number of aromatic carboxylic acids is 1. The molecule has 0 radical (unpaired) electrons. The average molecular weight is 324 g/mol. The van der Waals surface area contributed by atoms with E-state index in [-0.39, 0.29) is 17.6 Å². The molecule has 3 aromatic rings. The fraction of sp³-hybridized carbons (Fsp3) is 0.188. The van der Waals surface area contributed by atoms with E-state index in [1.165, 1.54) is 12.1 Å². The first-order chi connectivity index (χ1) is 11.5. The number of nitrogens with two attached hydrogens (primary N) is 1. The van der Waals surface area contributed by atoms with E-state index >= 15 is 0 Å². The topological polar surface area (TPSA) is 127 Å². The van der Waals surface area contributed by atoms with Gasteiger partial charge in [-0.15, -0.1) is 0 Å². The molecule has 3 rings (SSSR count). The van der Waals surface area contributed by atoms with Crippen LogP contribution in [0.2, 0.25) is 0 Å². The predicted octanol–water partition coefficient (Wildman–Crippen LogP) is 1.74. The van der Waals surface area contributed by atoms with Gasteiger partial charge >= 0.3 is 5.97 Å². The van der Waals surface area contributed by atoms with Gasteiger partial charge in [-0.05, 0) is 25.1 Å². The molecule has 0 saturated heterocycles. The third kappa shape index (κ3) is 3.37. The Labute approximate surface area is 137 Å². The largest absolute Gasteiger partial charge is 0.478 e. The van der Waals surface area contributed by atoms with Crippen molar-refractivity contribution in [3.05, 3.63) is 48.0 Å². The molecule has 4 N–H and O–H groups in total. The van der Waals surface area contributed by atoms with E-state index in [1.54, 1.807) is 24.7 Å². The summed E-state index contributed by atoms with van der Waals surface area (Å²) < 4.78 is 0. The molecule has 0 aliphatic carbocycles. The standard InChI is InChI=1S/C16H16N6O2/c1-9(6-11-8-18-4-5-19-11)20-14-12-7-10(15(23)24)2-3-13(12)21-16(17)22-14/h2-5,7-9H,6H2,1H3,(H,23,24)(H3,17,20,21,22). The summed E-state index contributed by atoms with van der Waals surface area (Å²) in [5.41, 5.74) is 7.34. The lowest BCUT2D eigenvalue weighted by Gasteiger charge is -2.16. The number of nitrogens with one attached hydrogen (secondary N) is 1. The maximum absolute atomic E-state index is 11.2. The summed E-state index contributed by atoms with van der Waals surface area (Å²) in [5, 5.41) is 13.0. The van der Waals surface area contributed by atoms with E-state index in [2.05, 4.69) is 25.3 Å². The van der Waals surface area contributed by atoms with Gasteiger partial charge in [-0.25, -0.2) is 9.78 Å². The second-order valence-electron chi connectivity index (χ2n) is 5.41. The molecule has 24 heavy (non-hydrogen) atoms. The summed E-state index contributed by atoms with van der Waals surface area (Å²) >= 11 is 0. The lowest BCUT2D eigenvalue weighted by molar-refractivity contribution is 0.0697. The molecule has 2 aromatic heterocycles. The number of nitrogens with zero attached hydrogens (tertiary/aromatic N) is 4.